The first-order chi connectivity index (χ1) is 41.9. The van der Waals surface area contributed by atoms with E-state index in [1.54, 1.807) is 46.8 Å². The Bertz CT molecular complexity index is 3610. The molecule has 5 heterocycles. The van der Waals surface area contributed by atoms with Gasteiger partial charge in [-0.3, -0.25) is 14.9 Å². The fourth-order valence-corrected chi connectivity index (χ4v) is 10.6. The lowest BCUT2D eigenvalue weighted by Crippen LogP contribution is -2.48. The summed E-state index contributed by atoms with van der Waals surface area (Å²) in [7, 11) is 6.35. The van der Waals surface area contributed by atoms with Gasteiger partial charge in [0.15, 0.2) is 46.0 Å². The fourth-order valence-electron chi connectivity index (χ4n) is 10.6. The summed E-state index contributed by atoms with van der Waals surface area (Å²) in [4.78, 5) is 11.3. The van der Waals surface area contributed by atoms with Gasteiger partial charge in [-0.2, -0.15) is 10.5 Å². The van der Waals surface area contributed by atoms with Crippen molar-refractivity contribution in [3.8, 4) is 69.6 Å². The van der Waals surface area contributed by atoms with E-state index in [-0.39, 0.29) is 12.7 Å². The van der Waals surface area contributed by atoms with E-state index in [2.05, 4.69) is 70.7 Å². The largest absolute Gasteiger partial charge is 0.493 e. The lowest BCUT2D eigenvalue weighted by atomic mass is 9.97. The van der Waals surface area contributed by atoms with Crippen molar-refractivity contribution in [3.63, 3.8) is 0 Å². The Kier molecular flexibility index (Phi) is 21.2. The lowest BCUT2D eigenvalue weighted by Gasteiger charge is -2.40. The minimum Gasteiger partial charge on any atom is -0.493 e. The molecule has 3 fully saturated rings. The summed E-state index contributed by atoms with van der Waals surface area (Å²) in [5, 5.41) is 42.0. The number of methoxy groups -OCH3 is 4. The summed E-state index contributed by atoms with van der Waals surface area (Å²) < 4.78 is 51.0. The van der Waals surface area contributed by atoms with Crippen molar-refractivity contribution >= 4 is 44.6 Å². The second-order valence-electron chi connectivity index (χ2n) is 21.6. The summed E-state index contributed by atoms with van der Waals surface area (Å²) in [5.41, 5.74) is 4.88. The Morgan fingerprint density at radius 2 is 1.01 bits per heavy atom. The number of benzene rings is 6. The first kappa shape index (κ1) is 61.5. The van der Waals surface area contributed by atoms with E-state index in [1.807, 2.05) is 109 Å². The average molecular weight is 1170 g/mol. The lowest BCUT2D eigenvalue weighted by molar-refractivity contribution is 0.0205. The highest BCUT2D eigenvalue weighted by Crippen LogP contribution is 2.41. The summed E-state index contributed by atoms with van der Waals surface area (Å²) >= 11 is 0. The van der Waals surface area contributed by atoms with Crippen molar-refractivity contribution < 1.29 is 47.7 Å². The predicted molar refractivity (Wildman–Crippen MR) is 334 cm³/mol. The molecule has 3 aliphatic rings. The number of β-amino-alcohol motifs (C(OH)–C–C–N with tert-alkyl or cyclic N) is 1. The third kappa shape index (κ3) is 16.0. The van der Waals surface area contributed by atoms with Crippen LogP contribution in [0.25, 0.3) is 21.8 Å². The molecular formula is C68H76N8O10. The SMILES string of the molecule is CC1CCCC(C)N1.COc1cc2c(Nc3ccc(Oc4ccccc4OC)cc3)c(C#N)cnc2cc1OC[C@@H](O)CN1C(C)CCCC1C.COc1cc2c(Nc3ccc(Oc4ccccc4OC)cc3)c(C#N)cnc2cc1OC[C@@H]1CO1. The molecule has 0 radical (unpaired) electrons. The first-order valence-corrected chi connectivity index (χ1v) is 29.1. The number of likely N-dealkylation sites (tertiary alicyclic amines) is 1. The van der Waals surface area contributed by atoms with Crippen LogP contribution in [0, 0.1) is 22.7 Å². The van der Waals surface area contributed by atoms with Crippen LogP contribution in [-0.4, -0.2) is 111 Å². The highest BCUT2D eigenvalue weighted by atomic mass is 16.6. The molecule has 0 amide bonds. The maximum atomic E-state index is 10.8. The minimum atomic E-state index is -0.649. The van der Waals surface area contributed by atoms with E-state index in [0.29, 0.717) is 128 Å². The second-order valence-corrected chi connectivity index (χ2v) is 21.6. The molecule has 0 bridgehead atoms. The van der Waals surface area contributed by atoms with Crippen molar-refractivity contribution in [2.24, 2.45) is 0 Å². The van der Waals surface area contributed by atoms with Gasteiger partial charge in [0.2, 0.25) is 0 Å². The first-order valence-electron chi connectivity index (χ1n) is 29.1. The van der Waals surface area contributed by atoms with E-state index >= 15 is 0 Å². The molecule has 2 aromatic heterocycles. The van der Waals surface area contributed by atoms with Crippen LogP contribution in [0.15, 0.2) is 134 Å². The number of rotatable bonds is 20. The number of anilines is 4. The highest BCUT2D eigenvalue weighted by molar-refractivity contribution is 5.99. The highest BCUT2D eigenvalue weighted by Gasteiger charge is 2.28. The molecule has 4 unspecified atom stereocenters. The number of hydrogen-bond donors (Lipinski definition) is 4. The van der Waals surface area contributed by atoms with Crippen LogP contribution in [0.2, 0.25) is 0 Å². The van der Waals surface area contributed by atoms with Gasteiger partial charge in [-0.25, -0.2) is 0 Å². The molecule has 6 atom stereocenters. The van der Waals surface area contributed by atoms with E-state index in [0.717, 1.165) is 41.7 Å². The third-order valence-corrected chi connectivity index (χ3v) is 15.3. The molecule has 6 aromatic carbocycles. The number of aromatic nitrogens is 2. The van der Waals surface area contributed by atoms with Gasteiger partial charge in [0.25, 0.3) is 0 Å². The van der Waals surface area contributed by atoms with Gasteiger partial charge in [0.1, 0.15) is 49.1 Å². The number of hydrogen-bond acceptors (Lipinski definition) is 18. The summed E-state index contributed by atoms with van der Waals surface area (Å²) in [6, 6.07) is 43.8. The van der Waals surface area contributed by atoms with Crippen LogP contribution in [0.5, 0.6) is 57.5 Å². The Morgan fingerprint density at radius 1 is 0.581 bits per heavy atom. The van der Waals surface area contributed by atoms with Gasteiger partial charge in [-0.15, -0.1) is 0 Å². The van der Waals surface area contributed by atoms with Gasteiger partial charge in [0.05, 0.1) is 68.6 Å². The van der Waals surface area contributed by atoms with E-state index < -0.39 is 6.10 Å². The van der Waals surface area contributed by atoms with Crippen LogP contribution in [0.1, 0.15) is 77.3 Å². The number of epoxide rings is 1. The number of pyridine rings is 2. The third-order valence-electron chi connectivity index (χ3n) is 15.3. The van der Waals surface area contributed by atoms with Gasteiger partial charge in [0, 0.05) is 77.4 Å². The van der Waals surface area contributed by atoms with Crippen LogP contribution in [0.3, 0.4) is 0 Å². The number of para-hydroxylation sites is 4. The Balaban J connectivity index is 0.000000184. The molecule has 86 heavy (non-hydrogen) atoms. The Labute approximate surface area is 503 Å². The zero-order chi connectivity index (χ0) is 60.5. The number of aliphatic hydroxyl groups excluding tert-OH is 1. The van der Waals surface area contributed by atoms with Crippen molar-refractivity contribution in [3.05, 3.63) is 145 Å². The Morgan fingerprint density at radius 3 is 1.42 bits per heavy atom. The Hall–Kier alpha value is -9.04. The molecule has 448 valence electrons. The van der Waals surface area contributed by atoms with Gasteiger partial charge < -0.3 is 63.7 Å². The van der Waals surface area contributed by atoms with Crippen LogP contribution in [-0.2, 0) is 4.74 Å². The molecule has 18 heteroatoms. The predicted octanol–water partition coefficient (Wildman–Crippen LogP) is 13.6. The van der Waals surface area contributed by atoms with Crippen molar-refractivity contribution in [2.75, 3.05) is 65.4 Å². The number of nitrogens with one attached hydrogen (secondary N) is 3. The van der Waals surface area contributed by atoms with Crippen molar-refractivity contribution in [1.82, 2.24) is 20.2 Å². The minimum absolute atomic E-state index is 0.122. The van der Waals surface area contributed by atoms with Crippen LogP contribution in [0.4, 0.5) is 22.7 Å². The summed E-state index contributed by atoms with van der Waals surface area (Å²) in [6.45, 7) is 10.8. The number of fused-ring (bicyclic) bond motifs is 2. The van der Waals surface area contributed by atoms with E-state index in [9.17, 15) is 15.6 Å². The molecule has 0 spiro atoms. The number of nitriles is 2. The van der Waals surface area contributed by atoms with Crippen LogP contribution >= 0.6 is 0 Å². The molecular weight excluding hydrogens is 1090 g/mol. The zero-order valence-corrected chi connectivity index (χ0v) is 50.1. The van der Waals surface area contributed by atoms with Gasteiger partial charge >= 0.3 is 0 Å². The number of piperidine rings is 2. The van der Waals surface area contributed by atoms with Crippen molar-refractivity contribution in [1.29, 1.82) is 10.5 Å². The number of nitrogens with zero attached hydrogens (tertiary/aromatic N) is 5. The topological polar surface area (TPSA) is 219 Å². The molecule has 11 rings (SSSR count). The fraction of sp³-hybridized carbons (Fsp3) is 0.353. The number of ether oxygens (including phenoxy) is 9. The summed E-state index contributed by atoms with van der Waals surface area (Å²) in [6.07, 6.45) is 10.2. The zero-order valence-electron chi connectivity index (χ0n) is 50.1. The van der Waals surface area contributed by atoms with Crippen LogP contribution < -0.4 is 53.8 Å². The summed E-state index contributed by atoms with van der Waals surface area (Å²) in [5.74, 6) is 5.94. The molecule has 4 N–H and O–H groups in total. The smallest absolute Gasteiger partial charge is 0.169 e. The van der Waals surface area contributed by atoms with E-state index in [4.69, 9.17) is 42.6 Å². The standard InChI is InChI=1S/C34H38N4O5.C27H23N3O5.C7H15N/c1-22-8-7-9-23(2)38(22)20-26(39)21-42-33-17-29-28(16-32(33)41-4)34(24(18-35)19-36-29)37-25-12-14-27(15-13-25)43-31-11-6-5-10-30(31)40-3;1-31-23-5-3-4-6-24(23)35-19-9-7-18(8-10-19)30-27-17(13-28)14-29-22-12-26(34-16-20-15-33-20)25(32-2)11-21(22)27;1-6-4-3-5-7(2)8-6/h5-6,10-17,19,22-23,26,39H,7-9,20-21H2,1-4H3,(H,36,37);3-12,14,20H,15-16H2,1-2H3,(H,29,30);6-8H,3-5H2,1-2H3/t22?,23?,26-;20-;/m00./s1. The molecule has 0 aliphatic carbocycles. The molecule has 0 saturated carbocycles. The molecule has 3 saturated heterocycles. The van der Waals surface area contributed by atoms with E-state index in [1.165, 1.54) is 31.9 Å². The average Bonchev–Trinajstić information content (AvgIpc) is 1.67. The molecule has 18 nitrogen and oxygen atoms in total. The normalized spacial score (nSPS) is 18.2. The number of aliphatic hydroxyl groups is 1. The molecule has 8 aromatic rings. The van der Waals surface area contributed by atoms with Crippen molar-refractivity contribution in [2.45, 2.75) is 103 Å². The molecule has 3 aliphatic heterocycles. The van der Waals surface area contributed by atoms with Gasteiger partial charge in [-0.05, 0) is 138 Å². The monoisotopic (exact) mass is 1160 g/mol. The second kappa shape index (κ2) is 29.7. The maximum absolute atomic E-state index is 10.8. The van der Waals surface area contributed by atoms with Gasteiger partial charge in [-0.1, -0.05) is 37.1 Å². The maximum Gasteiger partial charge on any atom is 0.169 e. The quantitative estimate of drug-likeness (QED) is 0.0521.